The topological polar surface area (TPSA) is 24.8 Å². The van der Waals surface area contributed by atoms with Crippen LogP contribution in [-0.2, 0) is 4.74 Å². The van der Waals surface area contributed by atoms with Crippen LogP contribution in [0.15, 0.2) is 5.10 Å². The molecule has 1 rings (SSSR count). The van der Waals surface area contributed by atoms with Crippen molar-refractivity contribution in [3.05, 3.63) is 0 Å². The van der Waals surface area contributed by atoms with Gasteiger partial charge in [-0.2, -0.15) is 5.10 Å². The number of rotatable bonds is 4. The van der Waals surface area contributed by atoms with Gasteiger partial charge in [0.05, 0.1) is 6.10 Å². The first-order valence-corrected chi connectivity index (χ1v) is 4.33. The molecule has 0 unspecified atom stereocenters. The van der Waals surface area contributed by atoms with Gasteiger partial charge >= 0.3 is 6.36 Å². The Hall–Kier alpha value is -0.780. The molecule has 0 atom stereocenters. The molecule has 6 heteroatoms. The molecule has 0 aliphatic heterocycles. The van der Waals surface area contributed by atoms with Gasteiger partial charge in [-0.25, -0.2) is 0 Å². The molecule has 1 aliphatic rings. The maximum atomic E-state index is 11.7. The monoisotopic (exact) mass is 210 g/mol. The molecule has 1 aliphatic carbocycles. The summed E-state index contributed by atoms with van der Waals surface area (Å²) < 4.78 is 39.0. The highest BCUT2D eigenvalue weighted by Crippen LogP contribution is 2.34. The minimum Gasteiger partial charge on any atom is -0.300 e. The Morgan fingerprint density at radius 3 is 2.50 bits per heavy atom. The van der Waals surface area contributed by atoms with Crippen molar-refractivity contribution < 1.29 is 17.9 Å². The van der Waals surface area contributed by atoms with Gasteiger partial charge in [-0.1, -0.05) is 0 Å². The zero-order valence-electron chi connectivity index (χ0n) is 7.92. The zero-order chi connectivity index (χ0) is 10.8. The van der Waals surface area contributed by atoms with Crippen LogP contribution in [0.3, 0.4) is 0 Å². The molecular weight excluding hydrogens is 197 g/mol. The fraction of sp³-hybridized carbons (Fsp3) is 0.875. The van der Waals surface area contributed by atoms with Crippen LogP contribution in [-0.4, -0.2) is 37.8 Å². The van der Waals surface area contributed by atoms with Gasteiger partial charge in [0.25, 0.3) is 0 Å². The first-order chi connectivity index (χ1) is 6.40. The molecule has 1 saturated carbocycles. The van der Waals surface area contributed by atoms with Crippen LogP contribution in [0, 0.1) is 5.92 Å². The Bertz CT molecular complexity index is 201. The average Bonchev–Trinajstić information content (AvgIpc) is 1.97. The number of ether oxygens (including phenoxy) is 1. The molecule has 0 aromatic carbocycles. The van der Waals surface area contributed by atoms with Gasteiger partial charge in [0, 0.05) is 20.3 Å². The van der Waals surface area contributed by atoms with Crippen molar-refractivity contribution in [3.8, 4) is 0 Å². The van der Waals surface area contributed by atoms with E-state index < -0.39 is 12.5 Å². The third-order valence-electron chi connectivity index (χ3n) is 2.26. The van der Waals surface area contributed by atoms with Crippen molar-refractivity contribution in [1.82, 2.24) is 5.01 Å². The molecule has 0 amide bonds. The number of halogens is 3. The average molecular weight is 210 g/mol. The Morgan fingerprint density at radius 2 is 2.07 bits per heavy atom. The Labute approximate surface area is 80.5 Å². The maximum absolute atomic E-state index is 11.7. The Kier molecular flexibility index (Phi) is 3.36. The van der Waals surface area contributed by atoms with E-state index in [-0.39, 0.29) is 5.92 Å². The van der Waals surface area contributed by atoms with Crippen LogP contribution in [0.5, 0.6) is 0 Å². The van der Waals surface area contributed by atoms with Crippen molar-refractivity contribution in [2.24, 2.45) is 11.0 Å². The predicted molar refractivity (Wildman–Crippen MR) is 45.8 cm³/mol. The molecule has 14 heavy (non-hydrogen) atoms. The van der Waals surface area contributed by atoms with E-state index in [0.717, 1.165) is 0 Å². The molecule has 1 fully saturated rings. The smallest absolute Gasteiger partial charge is 0.300 e. The van der Waals surface area contributed by atoms with Gasteiger partial charge < -0.3 is 5.01 Å². The van der Waals surface area contributed by atoms with Gasteiger partial charge in [-0.3, -0.25) is 4.74 Å². The van der Waals surface area contributed by atoms with Gasteiger partial charge in [-0.15, -0.1) is 13.2 Å². The third kappa shape index (κ3) is 3.53. The Morgan fingerprint density at radius 1 is 1.50 bits per heavy atom. The minimum atomic E-state index is -4.50. The molecule has 0 saturated heterocycles. The number of nitrogens with zero attached hydrogens (tertiary/aromatic N) is 2. The molecule has 3 nitrogen and oxygen atoms in total. The third-order valence-corrected chi connectivity index (χ3v) is 2.26. The van der Waals surface area contributed by atoms with E-state index in [9.17, 15) is 13.2 Å². The van der Waals surface area contributed by atoms with Crippen LogP contribution in [0.25, 0.3) is 0 Å². The largest absolute Gasteiger partial charge is 0.522 e. The van der Waals surface area contributed by atoms with Crippen molar-refractivity contribution in [2.75, 3.05) is 13.6 Å². The second-order valence-corrected chi connectivity index (χ2v) is 3.50. The standard InChI is InChI=1S/C8H13F3N2O/c1-12-13(2)5-6-3-7(4-6)14-8(9,10)11/h6-7H,1,3-5H2,2H3. The first-order valence-electron chi connectivity index (χ1n) is 4.33. The van der Waals surface area contributed by atoms with Crippen LogP contribution in [0.1, 0.15) is 12.8 Å². The van der Waals surface area contributed by atoms with Gasteiger partial charge in [0.15, 0.2) is 0 Å². The summed E-state index contributed by atoms with van der Waals surface area (Å²) in [6, 6.07) is 0. The molecule has 0 radical (unpaired) electrons. The molecule has 0 heterocycles. The lowest BCUT2D eigenvalue weighted by Gasteiger charge is -2.36. The lowest BCUT2D eigenvalue weighted by molar-refractivity contribution is -0.354. The predicted octanol–water partition coefficient (Wildman–Crippen LogP) is 1.85. The Balaban J connectivity index is 2.14. The van der Waals surface area contributed by atoms with E-state index in [1.807, 2.05) is 0 Å². The van der Waals surface area contributed by atoms with Crippen molar-refractivity contribution in [3.63, 3.8) is 0 Å². The van der Waals surface area contributed by atoms with E-state index in [1.54, 1.807) is 12.1 Å². The van der Waals surface area contributed by atoms with E-state index >= 15 is 0 Å². The molecule has 0 bridgehead atoms. The number of alkyl halides is 3. The molecule has 0 spiro atoms. The summed E-state index contributed by atoms with van der Waals surface area (Å²) in [6.07, 6.45) is -4.28. The van der Waals surface area contributed by atoms with Crippen molar-refractivity contribution in [1.29, 1.82) is 0 Å². The lowest BCUT2D eigenvalue weighted by atomic mass is 9.82. The fourth-order valence-corrected chi connectivity index (χ4v) is 1.54. The van der Waals surface area contributed by atoms with E-state index in [4.69, 9.17) is 0 Å². The SMILES string of the molecule is C=NN(C)CC1CC(OC(F)(F)F)C1. The van der Waals surface area contributed by atoms with Crippen LogP contribution in [0.4, 0.5) is 13.2 Å². The highest BCUT2D eigenvalue weighted by molar-refractivity contribution is 5.22. The summed E-state index contributed by atoms with van der Waals surface area (Å²) >= 11 is 0. The van der Waals surface area contributed by atoms with Gasteiger partial charge in [-0.05, 0) is 18.8 Å². The van der Waals surface area contributed by atoms with Crippen molar-refractivity contribution in [2.45, 2.75) is 25.3 Å². The normalized spacial score (nSPS) is 26.9. The number of hydrazone groups is 1. The highest BCUT2D eigenvalue weighted by atomic mass is 19.4. The highest BCUT2D eigenvalue weighted by Gasteiger charge is 2.40. The molecule has 82 valence electrons. The summed E-state index contributed by atoms with van der Waals surface area (Å²) in [5.41, 5.74) is 0. The first kappa shape index (κ1) is 11.3. The van der Waals surface area contributed by atoms with Crippen molar-refractivity contribution >= 4 is 6.72 Å². The molecule has 0 N–H and O–H groups in total. The maximum Gasteiger partial charge on any atom is 0.522 e. The minimum absolute atomic E-state index is 0.234. The summed E-state index contributed by atoms with van der Waals surface area (Å²) in [4.78, 5) is 0. The molecule has 0 aromatic heterocycles. The lowest BCUT2D eigenvalue weighted by Crippen LogP contribution is -2.40. The zero-order valence-corrected chi connectivity index (χ0v) is 7.92. The fourth-order valence-electron chi connectivity index (χ4n) is 1.54. The van der Waals surface area contributed by atoms with Crippen LogP contribution < -0.4 is 0 Å². The van der Waals surface area contributed by atoms with Crippen LogP contribution in [0.2, 0.25) is 0 Å². The van der Waals surface area contributed by atoms with Gasteiger partial charge in [0.1, 0.15) is 0 Å². The van der Waals surface area contributed by atoms with E-state index in [2.05, 4.69) is 16.6 Å². The summed E-state index contributed by atoms with van der Waals surface area (Å²) in [5, 5.41) is 5.25. The van der Waals surface area contributed by atoms with Crippen LogP contribution >= 0.6 is 0 Å². The summed E-state index contributed by atoms with van der Waals surface area (Å²) in [7, 11) is 1.74. The second kappa shape index (κ2) is 4.16. The quantitative estimate of drug-likeness (QED) is 0.522. The van der Waals surface area contributed by atoms with E-state index in [1.165, 1.54) is 0 Å². The van der Waals surface area contributed by atoms with Gasteiger partial charge in [0.2, 0.25) is 0 Å². The second-order valence-electron chi connectivity index (χ2n) is 3.50. The molecule has 0 aromatic rings. The number of hydrogen-bond donors (Lipinski definition) is 0. The molecular formula is C8H13F3N2O. The number of hydrogen-bond acceptors (Lipinski definition) is 3. The van der Waals surface area contributed by atoms with E-state index in [0.29, 0.717) is 19.4 Å². The summed E-state index contributed by atoms with van der Waals surface area (Å²) in [6.45, 7) is 3.96. The summed E-state index contributed by atoms with van der Waals surface area (Å²) in [5.74, 6) is 0.234.